The van der Waals surface area contributed by atoms with Gasteiger partial charge in [-0.25, -0.2) is 8.42 Å². The third kappa shape index (κ3) is 6.07. The number of benzene rings is 1. The summed E-state index contributed by atoms with van der Waals surface area (Å²) in [5, 5.41) is 0. The molecule has 0 saturated heterocycles. The van der Waals surface area contributed by atoms with Crippen molar-refractivity contribution in [3.8, 4) is 0 Å². The fourth-order valence-corrected chi connectivity index (χ4v) is 3.58. The minimum atomic E-state index is -3.60. The zero-order chi connectivity index (χ0) is 18.2. The molecule has 0 fully saturated rings. The predicted octanol–water partition coefficient (Wildman–Crippen LogP) is 3.71. The van der Waals surface area contributed by atoms with Gasteiger partial charge in [0.2, 0.25) is 10.0 Å². The van der Waals surface area contributed by atoms with Crippen LogP contribution in [0.4, 0.5) is 0 Å². The smallest absolute Gasteiger partial charge is 0.243 e. The largest absolute Gasteiger partial charge is 0.376 e. The summed E-state index contributed by atoms with van der Waals surface area (Å²) in [5.74, 6) is 0. The number of aryl methyl sites for hydroxylation is 1. The van der Waals surface area contributed by atoms with Gasteiger partial charge in [0.1, 0.15) is 0 Å². The average Bonchev–Trinajstić information content (AvgIpc) is 2.53. The fourth-order valence-electron chi connectivity index (χ4n) is 2.17. The fraction of sp³-hybridized carbons (Fsp3) is 0.368. The quantitative estimate of drug-likeness (QED) is 0.504. The molecule has 132 valence electrons. The maximum absolute atomic E-state index is 13.0. The van der Waals surface area contributed by atoms with Gasteiger partial charge in [-0.3, -0.25) is 0 Å². The Morgan fingerprint density at radius 2 is 1.92 bits per heavy atom. The van der Waals surface area contributed by atoms with E-state index in [1.165, 1.54) is 4.31 Å². The van der Waals surface area contributed by atoms with Crippen LogP contribution in [0.15, 0.2) is 65.6 Å². The molecule has 0 heterocycles. The molecule has 0 radical (unpaired) electrons. The second-order valence-electron chi connectivity index (χ2n) is 5.82. The van der Waals surface area contributed by atoms with Crippen LogP contribution in [0.25, 0.3) is 0 Å². The van der Waals surface area contributed by atoms with Crippen molar-refractivity contribution in [1.82, 2.24) is 4.31 Å². The van der Waals surface area contributed by atoms with Crippen molar-refractivity contribution in [2.45, 2.75) is 31.8 Å². The highest BCUT2D eigenvalue weighted by Gasteiger charge is 2.25. The number of nitrogens with zero attached hydrogens (tertiary/aromatic N) is 1. The number of hydrogen-bond acceptors (Lipinski definition) is 3. The molecule has 0 aromatic heterocycles. The Bertz CT molecular complexity index is 684. The van der Waals surface area contributed by atoms with Gasteiger partial charge in [-0.15, -0.1) is 0 Å². The van der Waals surface area contributed by atoms with Crippen LogP contribution >= 0.6 is 0 Å². The zero-order valence-electron chi connectivity index (χ0n) is 14.9. The Labute approximate surface area is 146 Å². The zero-order valence-corrected chi connectivity index (χ0v) is 15.7. The van der Waals surface area contributed by atoms with Gasteiger partial charge < -0.3 is 4.74 Å². The van der Waals surface area contributed by atoms with Crippen LogP contribution in [-0.4, -0.2) is 39.0 Å². The van der Waals surface area contributed by atoms with Crippen LogP contribution in [-0.2, 0) is 14.8 Å². The van der Waals surface area contributed by atoms with E-state index >= 15 is 0 Å². The Morgan fingerprint density at radius 3 is 2.42 bits per heavy atom. The predicted molar refractivity (Wildman–Crippen MR) is 99.5 cm³/mol. The van der Waals surface area contributed by atoms with Gasteiger partial charge in [-0.2, -0.15) is 4.31 Å². The number of ether oxygens (including phenoxy) is 1. The topological polar surface area (TPSA) is 46.6 Å². The Hall–Kier alpha value is -1.69. The lowest BCUT2D eigenvalue weighted by Gasteiger charge is -2.24. The Morgan fingerprint density at radius 1 is 1.29 bits per heavy atom. The molecule has 0 spiro atoms. The maximum Gasteiger partial charge on any atom is 0.243 e. The van der Waals surface area contributed by atoms with Crippen molar-refractivity contribution in [3.05, 3.63) is 66.3 Å². The number of sulfonamides is 1. The first kappa shape index (κ1) is 20.4. The van der Waals surface area contributed by atoms with Gasteiger partial charge in [0, 0.05) is 20.2 Å². The lowest BCUT2D eigenvalue weighted by molar-refractivity contribution is 0.122. The standard InChI is InChI=1S/C19H27NO3S/c1-6-7-8-13-20(15-18(23-5)14-16(2)3)24(21,22)19-11-9-17(4)10-12-19/h6-12,14,18H,1,13,15H2,2-5H3/b8-7+. The molecule has 0 aliphatic rings. The van der Waals surface area contributed by atoms with E-state index in [4.69, 9.17) is 4.74 Å². The Balaban J connectivity index is 3.15. The first-order valence-corrected chi connectivity index (χ1v) is 9.27. The van der Waals surface area contributed by atoms with Crippen LogP contribution in [0.5, 0.6) is 0 Å². The van der Waals surface area contributed by atoms with Crippen LogP contribution < -0.4 is 0 Å². The molecule has 0 bridgehead atoms. The summed E-state index contributed by atoms with van der Waals surface area (Å²) in [4.78, 5) is 0.284. The summed E-state index contributed by atoms with van der Waals surface area (Å²) in [7, 11) is -2.02. The van der Waals surface area contributed by atoms with E-state index in [0.717, 1.165) is 11.1 Å². The lowest BCUT2D eigenvalue weighted by atomic mass is 10.2. The van der Waals surface area contributed by atoms with Crippen molar-refractivity contribution in [3.63, 3.8) is 0 Å². The second kappa shape index (κ2) is 9.57. The van der Waals surface area contributed by atoms with Crippen LogP contribution in [0.1, 0.15) is 19.4 Å². The van der Waals surface area contributed by atoms with E-state index < -0.39 is 10.0 Å². The average molecular weight is 349 g/mol. The summed E-state index contributed by atoms with van der Waals surface area (Å²) >= 11 is 0. The molecule has 0 aliphatic heterocycles. The first-order chi connectivity index (χ1) is 11.3. The van der Waals surface area contributed by atoms with E-state index in [2.05, 4.69) is 6.58 Å². The van der Waals surface area contributed by atoms with Crippen molar-refractivity contribution in [2.24, 2.45) is 0 Å². The van der Waals surface area contributed by atoms with Gasteiger partial charge in [0.25, 0.3) is 0 Å². The molecular weight excluding hydrogens is 322 g/mol. The maximum atomic E-state index is 13.0. The van der Waals surface area contributed by atoms with Gasteiger partial charge >= 0.3 is 0 Å². The third-order valence-electron chi connectivity index (χ3n) is 3.45. The minimum Gasteiger partial charge on any atom is -0.376 e. The highest BCUT2D eigenvalue weighted by atomic mass is 32.2. The lowest BCUT2D eigenvalue weighted by Crippen LogP contribution is -2.37. The summed E-state index contributed by atoms with van der Waals surface area (Å²) < 4.78 is 32.8. The number of methoxy groups -OCH3 is 1. The van der Waals surface area contributed by atoms with E-state index in [9.17, 15) is 8.42 Å². The van der Waals surface area contributed by atoms with Crippen LogP contribution in [0.3, 0.4) is 0 Å². The number of hydrogen-bond donors (Lipinski definition) is 0. The molecule has 24 heavy (non-hydrogen) atoms. The Kier molecular flexibility index (Phi) is 8.11. The molecule has 0 aliphatic carbocycles. The summed E-state index contributed by atoms with van der Waals surface area (Å²) in [5.41, 5.74) is 2.10. The van der Waals surface area contributed by atoms with E-state index in [1.807, 2.05) is 26.8 Å². The van der Waals surface area contributed by atoms with Gasteiger partial charge in [-0.1, -0.05) is 54.2 Å². The molecule has 1 unspecified atom stereocenters. The highest BCUT2D eigenvalue weighted by molar-refractivity contribution is 7.89. The molecule has 0 N–H and O–H groups in total. The van der Waals surface area contributed by atoms with E-state index in [0.29, 0.717) is 0 Å². The van der Waals surface area contributed by atoms with Crippen molar-refractivity contribution < 1.29 is 13.2 Å². The highest BCUT2D eigenvalue weighted by Crippen LogP contribution is 2.18. The summed E-state index contributed by atoms with van der Waals surface area (Å²) in [6.45, 7) is 9.98. The second-order valence-corrected chi connectivity index (χ2v) is 7.76. The molecule has 0 amide bonds. The third-order valence-corrected chi connectivity index (χ3v) is 5.29. The minimum absolute atomic E-state index is 0.249. The van der Waals surface area contributed by atoms with Crippen molar-refractivity contribution in [2.75, 3.05) is 20.2 Å². The van der Waals surface area contributed by atoms with E-state index in [-0.39, 0.29) is 24.1 Å². The van der Waals surface area contributed by atoms with Gasteiger partial charge in [0.15, 0.2) is 0 Å². The van der Waals surface area contributed by atoms with Crippen molar-refractivity contribution >= 4 is 10.0 Å². The number of allylic oxidation sites excluding steroid dienone is 3. The van der Waals surface area contributed by atoms with Crippen LogP contribution in [0.2, 0.25) is 0 Å². The normalized spacial score (nSPS) is 13.2. The molecule has 4 nitrogen and oxygen atoms in total. The van der Waals surface area contributed by atoms with Gasteiger partial charge in [-0.05, 0) is 32.9 Å². The molecular formula is C19H27NO3S. The van der Waals surface area contributed by atoms with Crippen molar-refractivity contribution in [1.29, 1.82) is 0 Å². The molecule has 1 atom stereocenters. The SMILES string of the molecule is C=C/C=C/CN(CC(C=C(C)C)OC)S(=O)(=O)c1ccc(C)cc1. The number of rotatable bonds is 9. The molecule has 5 heteroatoms. The van der Waals surface area contributed by atoms with Gasteiger partial charge in [0.05, 0.1) is 11.0 Å². The monoisotopic (exact) mass is 349 g/mol. The molecule has 1 rings (SSSR count). The summed E-state index contributed by atoms with van der Waals surface area (Å²) in [6, 6.07) is 6.87. The van der Waals surface area contributed by atoms with E-state index in [1.54, 1.807) is 49.6 Å². The van der Waals surface area contributed by atoms with Crippen LogP contribution in [0, 0.1) is 6.92 Å². The first-order valence-electron chi connectivity index (χ1n) is 7.83. The molecule has 1 aromatic rings. The molecule has 0 saturated carbocycles. The summed E-state index contributed by atoms with van der Waals surface area (Å²) in [6.07, 6.45) is 6.76. The molecule has 1 aromatic carbocycles.